The van der Waals surface area contributed by atoms with Crippen molar-refractivity contribution < 1.29 is 6.17 Å². The minimum Gasteiger partial charge on any atom is -0.302 e. The molecule has 0 aromatic rings. The van der Waals surface area contributed by atoms with E-state index in [4.69, 9.17) is 1.37 Å². The molecule has 0 bridgehead atoms. The molecule has 1 saturated heterocycles. The number of hydrogen-bond donors (Lipinski definition) is 0. The third kappa shape index (κ3) is 1.30. The molecule has 0 unspecified atom stereocenters. The Morgan fingerprint density at radius 1 is 2.00 bits per heavy atom. The maximum atomic E-state index is 10.4. The predicted molar refractivity (Wildman–Crippen MR) is 36.3 cm³/mol. The molecule has 52 valence electrons. The number of likely N-dealkylation sites (N-methyl/N-ethyl adjacent to an activating group) is 1. The summed E-state index contributed by atoms with van der Waals surface area (Å²) >= 11 is 0. The van der Waals surface area contributed by atoms with E-state index in [-0.39, 0.29) is 6.04 Å². The lowest BCUT2D eigenvalue weighted by Gasteiger charge is -2.16. The average molecular weight is 128 g/mol. The molecule has 0 N–H and O–H groups in total. The van der Waals surface area contributed by atoms with Crippen LogP contribution in [-0.2, 0) is 4.79 Å². The topological polar surface area (TPSA) is 20.3 Å². The maximum absolute atomic E-state index is 10.4. The summed E-state index contributed by atoms with van der Waals surface area (Å²) in [5.74, 6) is 0. The van der Waals surface area contributed by atoms with Crippen molar-refractivity contribution in [3.63, 3.8) is 0 Å². The third-order valence-electron chi connectivity index (χ3n) is 1.86. The summed E-state index contributed by atoms with van der Waals surface area (Å²) in [7, 11) is 0. The summed E-state index contributed by atoms with van der Waals surface area (Å²) in [6.07, 6.45) is 3.11. The van der Waals surface area contributed by atoms with Gasteiger partial charge in [-0.25, -0.2) is 0 Å². The van der Waals surface area contributed by atoms with E-state index in [1.165, 1.54) is 0 Å². The summed E-state index contributed by atoms with van der Waals surface area (Å²) in [5, 5.41) is 0. The number of hydrogen-bond acceptors (Lipinski definition) is 2. The molecule has 0 spiro atoms. The zero-order chi connectivity index (χ0) is 7.40. The zero-order valence-electron chi connectivity index (χ0n) is 6.55. The molecular formula is C7H13NO. The van der Waals surface area contributed by atoms with Gasteiger partial charge in [-0.3, -0.25) is 4.90 Å². The Kier molecular flexibility index (Phi) is 1.79. The van der Waals surface area contributed by atoms with E-state index in [1.807, 2.05) is 0 Å². The molecule has 1 rings (SSSR count). The summed E-state index contributed by atoms with van der Waals surface area (Å²) in [6.45, 7) is 2.16. The fourth-order valence-corrected chi connectivity index (χ4v) is 1.28. The molecule has 0 saturated carbocycles. The highest BCUT2D eigenvalue weighted by atomic mass is 16.1. The van der Waals surface area contributed by atoms with Crippen molar-refractivity contribution in [2.24, 2.45) is 0 Å². The van der Waals surface area contributed by atoms with Crippen molar-refractivity contribution in [3.8, 4) is 0 Å². The highest BCUT2D eigenvalue weighted by Crippen LogP contribution is 2.13. The zero-order valence-corrected chi connectivity index (χ0v) is 5.55. The van der Waals surface area contributed by atoms with Crippen LogP contribution in [0.1, 0.15) is 21.1 Å². The van der Waals surface area contributed by atoms with Crippen LogP contribution in [0.15, 0.2) is 0 Å². The van der Waals surface area contributed by atoms with Crippen LogP contribution >= 0.6 is 0 Å². The molecule has 0 amide bonds. The Hall–Kier alpha value is -0.370. The standard InChI is InChI=1S/C7H13NO/c1-2-8-5-3-4-7(8)6-9/h6-7H,2-5H2,1H3/t7-/m0/s1/i1D. The monoisotopic (exact) mass is 128 g/mol. The van der Waals surface area contributed by atoms with Crippen molar-refractivity contribution >= 4 is 6.29 Å². The van der Waals surface area contributed by atoms with E-state index in [1.54, 1.807) is 0 Å². The van der Waals surface area contributed by atoms with Crippen LogP contribution < -0.4 is 0 Å². The first-order chi connectivity index (χ1) is 4.88. The van der Waals surface area contributed by atoms with Gasteiger partial charge in [0.1, 0.15) is 6.29 Å². The summed E-state index contributed by atoms with van der Waals surface area (Å²) in [4.78, 5) is 12.5. The minimum absolute atomic E-state index is 0.116. The summed E-state index contributed by atoms with van der Waals surface area (Å²) in [6, 6.07) is 0.116. The molecule has 0 aromatic heterocycles. The molecule has 1 aliphatic heterocycles. The second kappa shape index (κ2) is 2.97. The van der Waals surface area contributed by atoms with Gasteiger partial charge in [0.15, 0.2) is 0 Å². The molecule has 1 aliphatic rings. The van der Waals surface area contributed by atoms with E-state index in [9.17, 15) is 4.79 Å². The molecule has 2 nitrogen and oxygen atoms in total. The highest BCUT2D eigenvalue weighted by molar-refractivity contribution is 5.58. The van der Waals surface area contributed by atoms with Gasteiger partial charge in [0.25, 0.3) is 0 Å². The Labute approximate surface area is 57.2 Å². The Morgan fingerprint density at radius 2 is 2.89 bits per heavy atom. The number of carbonyl (C=O) groups excluding carboxylic acids is 1. The normalized spacial score (nSPS) is 30.2. The molecule has 1 fully saturated rings. The Morgan fingerprint density at radius 3 is 3.56 bits per heavy atom. The van der Waals surface area contributed by atoms with Gasteiger partial charge in [-0.15, -0.1) is 0 Å². The molecule has 0 aliphatic carbocycles. The van der Waals surface area contributed by atoms with Crippen molar-refractivity contribution in [3.05, 3.63) is 0 Å². The largest absolute Gasteiger partial charge is 0.302 e. The Balaban J connectivity index is 2.34. The lowest BCUT2D eigenvalue weighted by atomic mass is 10.2. The van der Waals surface area contributed by atoms with Gasteiger partial charge in [0.05, 0.1) is 6.04 Å². The number of aldehydes is 1. The number of rotatable bonds is 2. The van der Waals surface area contributed by atoms with Crippen LogP contribution in [0.5, 0.6) is 0 Å². The molecule has 1 atom stereocenters. The summed E-state index contributed by atoms with van der Waals surface area (Å²) < 4.78 is 6.98. The maximum Gasteiger partial charge on any atom is 0.137 e. The number of nitrogens with zero attached hydrogens (tertiary/aromatic N) is 1. The Bertz CT molecular complexity index is 118. The van der Waals surface area contributed by atoms with E-state index in [0.29, 0.717) is 6.90 Å². The first kappa shape index (κ1) is 5.42. The van der Waals surface area contributed by atoms with Crippen LogP contribution in [0.4, 0.5) is 0 Å². The smallest absolute Gasteiger partial charge is 0.137 e. The predicted octanol–water partition coefficient (Wildman–Crippen LogP) is 0.670. The fraction of sp³-hybridized carbons (Fsp3) is 0.857. The molecule has 0 aromatic carbocycles. The summed E-state index contributed by atoms with van der Waals surface area (Å²) in [5.41, 5.74) is 0. The molecule has 9 heavy (non-hydrogen) atoms. The minimum atomic E-state index is 0.116. The van der Waals surface area contributed by atoms with Crippen molar-refractivity contribution in [1.29, 1.82) is 0 Å². The van der Waals surface area contributed by atoms with E-state index < -0.39 is 0 Å². The molecular weight excluding hydrogens is 114 g/mol. The van der Waals surface area contributed by atoms with Gasteiger partial charge >= 0.3 is 0 Å². The second-order valence-corrected chi connectivity index (χ2v) is 2.38. The van der Waals surface area contributed by atoms with Gasteiger partial charge in [-0.1, -0.05) is 6.90 Å². The van der Waals surface area contributed by atoms with Crippen molar-refractivity contribution in [1.82, 2.24) is 4.90 Å². The van der Waals surface area contributed by atoms with Gasteiger partial charge in [0.2, 0.25) is 0 Å². The number of carbonyl (C=O) groups is 1. The quantitative estimate of drug-likeness (QED) is 0.509. The lowest BCUT2D eigenvalue weighted by Crippen LogP contribution is -2.29. The fourth-order valence-electron chi connectivity index (χ4n) is 1.28. The molecule has 0 radical (unpaired) electrons. The average Bonchev–Trinajstić information content (AvgIpc) is 2.36. The van der Waals surface area contributed by atoms with Crippen LogP contribution in [0.25, 0.3) is 0 Å². The first-order valence-electron chi connectivity index (χ1n) is 4.08. The van der Waals surface area contributed by atoms with Crippen LogP contribution in [-0.4, -0.2) is 30.3 Å². The van der Waals surface area contributed by atoms with Crippen LogP contribution in [0.2, 0.25) is 0 Å². The van der Waals surface area contributed by atoms with E-state index in [2.05, 4.69) is 4.90 Å². The SMILES string of the molecule is [2H]CCN1CCC[C@H]1C=O. The van der Waals surface area contributed by atoms with Gasteiger partial charge in [-0.05, 0) is 25.9 Å². The van der Waals surface area contributed by atoms with Crippen LogP contribution in [0.3, 0.4) is 0 Å². The van der Waals surface area contributed by atoms with Crippen LogP contribution in [0, 0.1) is 0 Å². The van der Waals surface area contributed by atoms with Gasteiger partial charge < -0.3 is 4.79 Å². The van der Waals surface area contributed by atoms with E-state index in [0.717, 1.165) is 32.2 Å². The highest BCUT2D eigenvalue weighted by Gasteiger charge is 2.21. The number of likely N-dealkylation sites (tertiary alicyclic amines) is 1. The van der Waals surface area contributed by atoms with Gasteiger partial charge in [-0.2, -0.15) is 0 Å². The molecule has 2 heteroatoms. The van der Waals surface area contributed by atoms with Gasteiger partial charge in [0, 0.05) is 1.37 Å². The first-order valence-corrected chi connectivity index (χ1v) is 3.37. The molecule has 1 heterocycles. The second-order valence-electron chi connectivity index (χ2n) is 2.38. The van der Waals surface area contributed by atoms with Crippen molar-refractivity contribution in [2.75, 3.05) is 13.1 Å². The third-order valence-corrected chi connectivity index (χ3v) is 1.86. The van der Waals surface area contributed by atoms with Crippen molar-refractivity contribution in [2.45, 2.75) is 25.8 Å². The lowest BCUT2D eigenvalue weighted by molar-refractivity contribution is -0.111. The van der Waals surface area contributed by atoms with E-state index >= 15 is 0 Å².